The molecule has 1 aliphatic rings. The van der Waals surface area contributed by atoms with Gasteiger partial charge in [-0.2, -0.15) is 0 Å². The molecule has 8 heteroatoms. The molecular weight excluding hydrogens is 382 g/mol. The van der Waals surface area contributed by atoms with Gasteiger partial charge in [-0.05, 0) is 43.5 Å². The van der Waals surface area contributed by atoms with Crippen molar-refractivity contribution in [2.45, 2.75) is 38.5 Å². The van der Waals surface area contributed by atoms with Crippen molar-refractivity contribution in [3.8, 4) is 10.6 Å². The zero-order valence-corrected chi connectivity index (χ0v) is 16.9. The Hall–Kier alpha value is -3.13. The van der Waals surface area contributed by atoms with Gasteiger partial charge in [-0.1, -0.05) is 24.2 Å². The number of nitrogens with one attached hydrogen (secondary N) is 1. The van der Waals surface area contributed by atoms with E-state index in [0.717, 1.165) is 43.6 Å². The van der Waals surface area contributed by atoms with Crippen LogP contribution in [0.4, 0.5) is 17.2 Å². The van der Waals surface area contributed by atoms with E-state index >= 15 is 0 Å². The number of nitrogen functional groups attached to an aromatic ring is 1. The number of aromatic nitrogens is 5. The van der Waals surface area contributed by atoms with E-state index in [9.17, 15) is 0 Å². The van der Waals surface area contributed by atoms with Gasteiger partial charge in [0.2, 0.25) is 0 Å². The van der Waals surface area contributed by atoms with Crippen molar-refractivity contribution < 1.29 is 0 Å². The van der Waals surface area contributed by atoms with Crippen LogP contribution in [0.2, 0.25) is 0 Å². The largest absolute Gasteiger partial charge is 0.383 e. The van der Waals surface area contributed by atoms with E-state index in [1.807, 2.05) is 25.1 Å². The molecule has 0 aliphatic heterocycles. The van der Waals surface area contributed by atoms with E-state index in [0.29, 0.717) is 11.7 Å². The molecule has 4 heterocycles. The molecule has 0 saturated heterocycles. The van der Waals surface area contributed by atoms with Crippen LogP contribution in [0.3, 0.4) is 0 Å². The Kier molecular flexibility index (Phi) is 4.55. The highest BCUT2D eigenvalue weighted by atomic mass is 32.1. The minimum absolute atomic E-state index is 0.447. The number of rotatable bonds is 4. The highest BCUT2D eigenvalue weighted by Crippen LogP contribution is 2.38. The Morgan fingerprint density at radius 3 is 2.79 bits per heavy atom. The summed E-state index contributed by atoms with van der Waals surface area (Å²) in [5.74, 6) is 0.988. The van der Waals surface area contributed by atoms with Crippen LogP contribution in [0.1, 0.15) is 42.2 Å². The average molecular weight is 404 g/mol. The molecule has 7 nitrogen and oxygen atoms in total. The Morgan fingerprint density at radius 2 is 1.97 bits per heavy atom. The first-order valence-corrected chi connectivity index (χ1v) is 10.6. The molecule has 3 N–H and O–H groups in total. The van der Waals surface area contributed by atoms with Gasteiger partial charge in [0.25, 0.3) is 0 Å². The SMILES string of the molecule is Cc1ccncc1Nc1cnc2cc(-c3nnc(C4CCCC4)s3)c(N)nc2c1. The molecule has 0 radical (unpaired) electrons. The van der Waals surface area contributed by atoms with Crippen LogP contribution in [-0.4, -0.2) is 25.1 Å². The third kappa shape index (κ3) is 3.51. The van der Waals surface area contributed by atoms with Crippen LogP contribution < -0.4 is 11.1 Å². The van der Waals surface area contributed by atoms with E-state index in [2.05, 4.69) is 30.5 Å². The summed E-state index contributed by atoms with van der Waals surface area (Å²) in [6, 6.07) is 5.86. The standard InChI is InChI=1S/C21H21N7S/c1-12-6-7-23-11-18(12)25-14-8-17-16(24-10-14)9-15(19(22)26-17)21-28-27-20(29-21)13-4-2-3-5-13/h6-11,13,25H,2-5H2,1H3,(H2,22,26). The number of aryl methyl sites for hydroxylation is 1. The summed E-state index contributed by atoms with van der Waals surface area (Å²) < 4.78 is 0. The van der Waals surface area contributed by atoms with Crippen LogP contribution in [0.5, 0.6) is 0 Å². The summed E-state index contributed by atoms with van der Waals surface area (Å²) in [7, 11) is 0. The molecule has 1 aliphatic carbocycles. The van der Waals surface area contributed by atoms with Crippen molar-refractivity contribution in [3.05, 3.63) is 47.4 Å². The maximum Gasteiger partial charge on any atom is 0.151 e. The molecule has 0 amide bonds. The van der Waals surface area contributed by atoms with Gasteiger partial charge < -0.3 is 11.1 Å². The third-order valence-corrected chi connectivity index (χ3v) is 6.51. The van der Waals surface area contributed by atoms with Crippen molar-refractivity contribution in [2.75, 3.05) is 11.1 Å². The Labute approximate surface area is 172 Å². The van der Waals surface area contributed by atoms with Crippen molar-refractivity contribution >= 4 is 39.6 Å². The lowest BCUT2D eigenvalue weighted by atomic mass is 10.1. The highest BCUT2D eigenvalue weighted by molar-refractivity contribution is 7.14. The van der Waals surface area contributed by atoms with Crippen LogP contribution in [0.25, 0.3) is 21.6 Å². The van der Waals surface area contributed by atoms with Gasteiger partial charge in [-0.3, -0.25) is 9.97 Å². The molecule has 0 unspecified atom stereocenters. The van der Waals surface area contributed by atoms with Gasteiger partial charge in [0, 0.05) is 12.1 Å². The summed E-state index contributed by atoms with van der Waals surface area (Å²) in [5, 5.41) is 14.1. The molecule has 0 bridgehead atoms. The second kappa shape index (κ2) is 7.36. The molecule has 5 rings (SSSR count). The predicted molar refractivity (Wildman–Crippen MR) is 116 cm³/mol. The van der Waals surface area contributed by atoms with Gasteiger partial charge in [0.15, 0.2) is 5.01 Å². The smallest absolute Gasteiger partial charge is 0.151 e. The van der Waals surface area contributed by atoms with Crippen molar-refractivity contribution in [2.24, 2.45) is 0 Å². The average Bonchev–Trinajstić information content (AvgIpc) is 3.41. The van der Waals surface area contributed by atoms with E-state index in [-0.39, 0.29) is 0 Å². The number of nitrogens with two attached hydrogens (primary N) is 1. The van der Waals surface area contributed by atoms with Crippen LogP contribution in [0, 0.1) is 6.92 Å². The van der Waals surface area contributed by atoms with E-state index in [1.54, 1.807) is 29.9 Å². The number of nitrogens with zero attached hydrogens (tertiary/aromatic N) is 5. The fraction of sp³-hybridized carbons (Fsp3) is 0.286. The second-order valence-electron chi connectivity index (χ2n) is 7.43. The molecule has 0 atom stereocenters. The molecule has 0 spiro atoms. The number of hydrogen-bond acceptors (Lipinski definition) is 8. The van der Waals surface area contributed by atoms with Gasteiger partial charge in [0.1, 0.15) is 10.8 Å². The highest BCUT2D eigenvalue weighted by Gasteiger charge is 2.22. The lowest BCUT2D eigenvalue weighted by Gasteiger charge is -2.10. The number of pyridine rings is 3. The third-order valence-electron chi connectivity index (χ3n) is 5.39. The first-order valence-electron chi connectivity index (χ1n) is 9.75. The molecule has 29 heavy (non-hydrogen) atoms. The Morgan fingerprint density at radius 1 is 1.10 bits per heavy atom. The Bertz CT molecular complexity index is 1180. The molecule has 4 aromatic heterocycles. The summed E-state index contributed by atoms with van der Waals surface area (Å²) in [6.45, 7) is 2.03. The quantitative estimate of drug-likeness (QED) is 0.503. The first-order chi connectivity index (χ1) is 14.2. The summed E-state index contributed by atoms with van der Waals surface area (Å²) in [6.07, 6.45) is 10.3. The van der Waals surface area contributed by atoms with E-state index in [1.165, 1.54) is 25.7 Å². The monoisotopic (exact) mass is 403 g/mol. The van der Waals surface area contributed by atoms with Gasteiger partial charge in [0.05, 0.1) is 40.4 Å². The maximum atomic E-state index is 6.28. The lowest BCUT2D eigenvalue weighted by molar-refractivity contribution is 0.705. The molecule has 4 aromatic rings. The number of fused-ring (bicyclic) bond motifs is 1. The second-order valence-corrected chi connectivity index (χ2v) is 8.43. The normalized spacial score (nSPS) is 14.5. The topological polar surface area (TPSA) is 102 Å². The number of hydrogen-bond donors (Lipinski definition) is 2. The summed E-state index contributed by atoms with van der Waals surface area (Å²) in [5.41, 5.74) is 11.5. The summed E-state index contributed by atoms with van der Waals surface area (Å²) >= 11 is 1.62. The van der Waals surface area contributed by atoms with Crippen LogP contribution in [0.15, 0.2) is 36.8 Å². The minimum atomic E-state index is 0.447. The van der Waals surface area contributed by atoms with Gasteiger partial charge in [-0.25, -0.2) is 4.98 Å². The van der Waals surface area contributed by atoms with Gasteiger partial charge in [-0.15, -0.1) is 10.2 Å². The maximum absolute atomic E-state index is 6.28. The van der Waals surface area contributed by atoms with Crippen molar-refractivity contribution in [1.29, 1.82) is 0 Å². The Balaban J connectivity index is 1.46. The molecular formula is C21H21N7S. The molecule has 1 saturated carbocycles. The summed E-state index contributed by atoms with van der Waals surface area (Å²) in [4.78, 5) is 13.3. The van der Waals surface area contributed by atoms with Gasteiger partial charge >= 0.3 is 0 Å². The van der Waals surface area contributed by atoms with E-state index < -0.39 is 0 Å². The molecule has 146 valence electrons. The zero-order valence-electron chi connectivity index (χ0n) is 16.1. The lowest BCUT2D eigenvalue weighted by Crippen LogP contribution is -1.98. The fourth-order valence-corrected chi connectivity index (χ4v) is 4.77. The zero-order chi connectivity index (χ0) is 19.8. The number of anilines is 3. The molecule has 1 fully saturated rings. The predicted octanol–water partition coefficient (Wildman–Crippen LogP) is 4.84. The molecule has 0 aromatic carbocycles. The van der Waals surface area contributed by atoms with Crippen LogP contribution >= 0.6 is 11.3 Å². The first kappa shape index (κ1) is 17.9. The fourth-order valence-electron chi connectivity index (χ4n) is 3.74. The van der Waals surface area contributed by atoms with Crippen molar-refractivity contribution in [3.63, 3.8) is 0 Å². The minimum Gasteiger partial charge on any atom is -0.383 e. The van der Waals surface area contributed by atoms with Crippen LogP contribution in [-0.2, 0) is 0 Å². The van der Waals surface area contributed by atoms with E-state index in [4.69, 9.17) is 5.73 Å². The van der Waals surface area contributed by atoms with Crippen molar-refractivity contribution in [1.82, 2.24) is 25.1 Å².